The lowest BCUT2D eigenvalue weighted by Crippen LogP contribution is -2.52. The Morgan fingerprint density at radius 1 is 1.23 bits per heavy atom. The Hall–Kier alpha value is -2.34. The summed E-state index contributed by atoms with van der Waals surface area (Å²) in [5.74, 6) is 0.676. The predicted octanol–water partition coefficient (Wildman–Crippen LogP) is 1.22. The monoisotopic (exact) mass is 319 g/mol. The largest absolute Gasteiger partial charge is 0.350 e. The van der Waals surface area contributed by atoms with Gasteiger partial charge < -0.3 is 10.1 Å². The number of halogens is 1. The van der Waals surface area contributed by atoms with Crippen molar-refractivity contribution in [2.75, 3.05) is 31.1 Å². The first-order chi connectivity index (χ1) is 10.6. The number of hydrogen-bond acceptors (Lipinski definition) is 4. The summed E-state index contributed by atoms with van der Waals surface area (Å²) in [5, 5.41) is 10.1. The highest BCUT2D eigenvalue weighted by atomic mass is 35.5. The number of hydrogen-bond donors (Lipinski definition) is 1. The molecule has 7 heteroatoms. The molecule has 1 saturated heterocycles. The molecule has 0 atom stereocenters. The molecule has 0 unspecified atom stereocenters. The van der Waals surface area contributed by atoms with E-state index in [1.807, 2.05) is 17.0 Å². The first kappa shape index (κ1) is 14.6. The van der Waals surface area contributed by atoms with E-state index in [4.69, 9.17) is 11.6 Å². The highest BCUT2D eigenvalue weighted by Crippen LogP contribution is 2.14. The van der Waals surface area contributed by atoms with Crippen LogP contribution in [-0.4, -0.2) is 47.2 Å². The second-order valence-electron chi connectivity index (χ2n) is 5.05. The molecule has 0 spiro atoms. The molecule has 114 valence electrons. The van der Waals surface area contributed by atoms with Crippen molar-refractivity contribution in [3.05, 3.63) is 53.4 Å². The summed E-state index contributed by atoms with van der Waals surface area (Å²) in [5.41, 5.74) is 0.547. The van der Waals surface area contributed by atoms with Gasteiger partial charge in [-0.1, -0.05) is 22.4 Å². The Labute approximate surface area is 133 Å². The van der Waals surface area contributed by atoms with Crippen molar-refractivity contribution in [1.82, 2.24) is 9.88 Å². The van der Waals surface area contributed by atoms with E-state index in [1.54, 1.807) is 29.3 Å². The number of carbonyl (C=O) groups excluding carboxylic acids is 1. The molecule has 2 aromatic rings. The van der Waals surface area contributed by atoms with E-state index < -0.39 is 0 Å². The normalized spacial score (nSPS) is 15.0. The third kappa shape index (κ3) is 2.96. The highest BCUT2D eigenvalue weighted by Gasteiger charge is 2.28. The summed E-state index contributed by atoms with van der Waals surface area (Å²) in [4.78, 5) is 20.1. The van der Waals surface area contributed by atoms with E-state index in [0.717, 1.165) is 10.5 Å². The van der Waals surface area contributed by atoms with E-state index in [0.29, 0.717) is 36.9 Å². The summed E-state index contributed by atoms with van der Waals surface area (Å²) in [6, 6.07) is 8.73. The van der Waals surface area contributed by atoms with Crippen LogP contribution in [0.3, 0.4) is 0 Å². The molecule has 1 aliphatic rings. The van der Waals surface area contributed by atoms with Gasteiger partial charge in [0.1, 0.15) is 24.4 Å². The minimum atomic E-state index is -0.0473. The van der Waals surface area contributed by atoms with Crippen LogP contribution in [0.2, 0.25) is 5.15 Å². The maximum absolute atomic E-state index is 12.4. The van der Waals surface area contributed by atoms with Gasteiger partial charge in [0.25, 0.3) is 5.91 Å². The molecular weight excluding hydrogens is 304 g/mol. The van der Waals surface area contributed by atoms with Gasteiger partial charge in [-0.05, 0) is 18.2 Å². The van der Waals surface area contributed by atoms with Gasteiger partial charge in [-0.15, -0.1) is 0 Å². The number of piperazine rings is 1. The smallest absolute Gasteiger partial charge is 0.316 e. The van der Waals surface area contributed by atoms with Crippen LogP contribution in [0.15, 0.2) is 42.7 Å². The van der Waals surface area contributed by atoms with Gasteiger partial charge in [0.2, 0.25) is 0 Å². The van der Waals surface area contributed by atoms with Gasteiger partial charge in [0, 0.05) is 17.8 Å². The summed E-state index contributed by atoms with van der Waals surface area (Å²) < 4.78 is 1.10. The van der Waals surface area contributed by atoms with Crippen LogP contribution in [0.25, 0.3) is 0 Å². The Morgan fingerprint density at radius 3 is 2.68 bits per heavy atom. The first-order valence-corrected chi connectivity index (χ1v) is 7.38. The predicted molar refractivity (Wildman–Crippen MR) is 81.2 cm³/mol. The van der Waals surface area contributed by atoms with E-state index in [1.165, 1.54) is 6.20 Å². The van der Waals surface area contributed by atoms with Crippen LogP contribution in [-0.2, 0) is 0 Å². The molecular formula is C15H16ClN4O2+. The van der Waals surface area contributed by atoms with Crippen molar-refractivity contribution in [3.8, 4) is 0 Å². The van der Waals surface area contributed by atoms with Crippen LogP contribution < -0.4 is 9.63 Å². The molecule has 6 nitrogen and oxygen atoms in total. The average Bonchev–Trinajstić information content (AvgIpc) is 2.55. The van der Waals surface area contributed by atoms with Crippen LogP contribution in [0.5, 0.6) is 0 Å². The topological polar surface area (TPSA) is 60.6 Å². The average molecular weight is 320 g/mol. The molecule has 0 saturated carbocycles. The van der Waals surface area contributed by atoms with Gasteiger partial charge in [-0.25, -0.2) is 4.98 Å². The highest BCUT2D eigenvalue weighted by molar-refractivity contribution is 6.29. The maximum Gasteiger partial charge on any atom is 0.316 e. The van der Waals surface area contributed by atoms with Gasteiger partial charge in [0.15, 0.2) is 0 Å². The lowest BCUT2D eigenvalue weighted by Gasteiger charge is -2.31. The van der Waals surface area contributed by atoms with Crippen molar-refractivity contribution in [3.63, 3.8) is 0 Å². The number of pyridine rings is 2. The van der Waals surface area contributed by atoms with E-state index in [-0.39, 0.29) is 5.91 Å². The number of rotatable bonds is 2. The summed E-state index contributed by atoms with van der Waals surface area (Å²) in [6.45, 7) is 2.51. The van der Waals surface area contributed by atoms with Crippen LogP contribution in [0.4, 0.5) is 5.82 Å². The van der Waals surface area contributed by atoms with Crippen LogP contribution >= 0.6 is 11.6 Å². The van der Waals surface area contributed by atoms with Gasteiger partial charge in [0.05, 0.1) is 13.1 Å². The zero-order valence-corrected chi connectivity index (χ0v) is 12.6. The lowest BCUT2D eigenvalue weighted by atomic mass is 10.2. The molecule has 0 radical (unpaired) electrons. The number of carbonyl (C=O) groups is 1. The Kier molecular flexibility index (Phi) is 4.11. The zero-order valence-electron chi connectivity index (χ0n) is 11.9. The lowest BCUT2D eigenvalue weighted by molar-refractivity contribution is -0.894. The first-order valence-electron chi connectivity index (χ1n) is 7.01. The van der Waals surface area contributed by atoms with Crippen molar-refractivity contribution in [2.45, 2.75) is 0 Å². The minimum Gasteiger partial charge on any atom is -0.350 e. The number of amides is 1. The molecule has 1 fully saturated rings. The number of nitrogens with zero attached hydrogens (tertiary/aromatic N) is 4. The number of aromatic nitrogens is 2. The summed E-state index contributed by atoms with van der Waals surface area (Å²) in [6.07, 6.45) is 3.12. The van der Waals surface area contributed by atoms with Gasteiger partial charge in [-0.2, -0.15) is 0 Å². The SMILES string of the molecule is O=C(c1ccnc(Cl)c1)N1CCN(c2cccc[n+]2O)CC1. The van der Waals surface area contributed by atoms with Crippen LogP contribution in [0.1, 0.15) is 10.4 Å². The third-order valence-corrected chi connectivity index (χ3v) is 3.89. The molecule has 3 rings (SSSR count). The second-order valence-corrected chi connectivity index (χ2v) is 5.44. The molecule has 0 bridgehead atoms. The molecule has 3 heterocycles. The molecule has 2 aromatic heterocycles. The van der Waals surface area contributed by atoms with Crippen molar-refractivity contribution in [1.29, 1.82) is 0 Å². The van der Waals surface area contributed by atoms with Crippen molar-refractivity contribution in [2.24, 2.45) is 0 Å². The van der Waals surface area contributed by atoms with E-state index in [2.05, 4.69) is 4.98 Å². The Balaban J connectivity index is 1.67. The Morgan fingerprint density at radius 2 is 2.00 bits per heavy atom. The van der Waals surface area contributed by atoms with Gasteiger partial charge >= 0.3 is 5.82 Å². The fourth-order valence-corrected chi connectivity index (χ4v) is 2.71. The third-order valence-electron chi connectivity index (χ3n) is 3.68. The van der Waals surface area contributed by atoms with E-state index in [9.17, 15) is 10.0 Å². The summed E-state index contributed by atoms with van der Waals surface area (Å²) in [7, 11) is 0. The second kappa shape index (κ2) is 6.19. The van der Waals surface area contributed by atoms with Crippen molar-refractivity contribution < 1.29 is 14.7 Å². The minimum absolute atomic E-state index is 0.0473. The molecule has 0 aromatic carbocycles. The maximum atomic E-state index is 12.4. The van der Waals surface area contributed by atoms with Crippen LogP contribution in [0, 0.1) is 0 Å². The Bertz CT molecular complexity index is 687. The molecule has 1 amide bonds. The van der Waals surface area contributed by atoms with Gasteiger partial charge in [-0.3, -0.25) is 9.69 Å². The molecule has 1 aliphatic heterocycles. The molecule has 0 aliphatic carbocycles. The fourth-order valence-electron chi connectivity index (χ4n) is 2.53. The fraction of sp³-hybridized carbons (Fsp3) is 0.267. The van der Waals surface area contributed by atoms with E-state index >= 15 is 0 Å². The molecule has 22 heavy (non-hydrogen) atoms. The van der Waals surface area contributed by atoms with Crippen molar-refractivity contribution >= 4 is 23.3 Å². The quantitative estimate of drug-likeness (QED) is 0.514. The summed E-state index contributed by atoms with van der Waals surface area (Å²) >= 11 is 5.83. The zero-order chi connectivity index (χ0) is 15.5. The standard InChI is InChI=1S/C15H16ClN4O2/c16-13-11-12(4-5-17-13)15(21)19-9-7-18(8-10-19)14-3-1-2-6-20(14)22/h1-6,11,22H,7-10H2/q+1. The molecule has 1 N–H and O–H groups in total. The number of anilines is 1.